The van der Waals surface area contributed by atoms with E-state index in [9.17, 15) is 14.4 Å². The van der Waals surface area contributed by atoms with Gasteiger partial charge in [-0.1, -0.05) is 26.2 Å². The Morgan fingerprint density at radius 2 is 2.04 bits per heavy atom. The second-order valence-corrected chi connectivity index (χ2v) is 6.49. The van der Waals surface area contributed by atoms with E-state index in [0.717, 1.165) is 25.7 Å². The Kier molecular flexibility index (Phi) is 4.96. The first-order valence-corrected chi connectivity index (χ1v) is 8.73. The summed E-state index contributed by atoms with van der Waals surface area (Å²) in [5.41, 5.74) is 3.00. The van der Waals surface area contributed by atoms with E-state index >= 15 is 0 Å². The molecule has 0 aliphatic carbocycles. The normalized spacial score (nSPS) is 19.4. The minimum absolute atomic E-state index is 0.0292. The van der Waals surface area contributed by atoms with Gasteiger partial charge in [0.15, 0.2) is 11.4 Å². The van der Waals surface area contributed by atoms with Crippen LogP contribution in [0, 0.1) is 0 Å². The second kappa shape index (κ2) is 7.16. The van der Waals surface area contributed by atoms with Crippen molar-refractivity contribution in [2.75, 3.05) is 25.7 Å². The average Bonchev–Trinajstić information content (AvgIpc) is 2.59. The molecule has 8 nitrogen and oxygen atoms in total. The molecular weight excluding hydrogens is 324 g/mol. The van der Waals surface area contributed by atoms with Gasteiger partial charge in [-0.2, -0.15) is 0 Å². The van der Waals surface area contributed by atoms with E-state index in [-0.39, 0.29) is 41.8 Å². The van der Waals surface area contributed by atoms with Gasteiger partial charge in [-0.05, 0) is 6.42 Å². The molecule has 2 aliphatic heterocycles. The maximum absolute atomic E-state index is 12.9. The molecule has 1 saturated heterocycles. The zero-order valence-electron chi connectivity index (χ0n) is 14.7. The van der Waals surface area contributed by atoms with Crippen molar-refractivity contribution in [3.8, 4) is 5.75 Å². The van der Waals surface area contributed by atoms with Crippen molar-refractivity contribution in [2.45, 2.75) is 45.2 Å². The van der Waals surface area contributed by atoms with Crippen LogP contribution in [-0.2, 0) is 4.79 Å². The first-order chi connectivity index (χ1) is 12.0. The van der Waals surface area contributed by atoms with Crippen LogP contribution in [0.3, 0.4) is 0 Å². The minimum atomic E-state index is -0.413. The molecule has 0 saturated carbocycles. The van der Waals surface area contributed by atoms with Gasteiger partial charge in [0.1, 0.15) is 6.17 Å². The number of hydrogen-bond acceptors (Lipinski definition) is 5. The first kappa shape index (κ1) is 17.3. The molecule has 1 N–H and O–H groups in total. The van der Waals surface area contributed by atoms with E-state index in [0.29, 0.717) is 6.61 Å². The molecule has 25 heavy (non-hydrogen) atoms. The Labute approximate surface area is 146 Å². The number of ether oxygens (including phenoxy) is 1. The van der Waals surface area contributed by atoms with Gasteiger partial charge in [0, 0.05) is 19.3 Å². The molecule has 2 aliphatic rings. The molecule has 0 bridgehead atoms. The van der Waals surface area contributed by atoms with Crippen LogP contribution in [0.5, 0.6) is 5.75 Å². The molecule has 0 aromatic carbocycles. The van der Waals surface area contributed by atoms with Gasteiger partial charge in [0.25, 0.3) is 5.91 Å². The van der Waals surface area contributed by atoms with Crippen LogP contribution in [0.2, 0.25) is 0 Å². The van der Waals surface area contributed by atoms with Gasteiger partial charge in [-0.15, -0.1) is 0 Å². The van der Waals surface area contributed by atoms with Gasteiger partial charge in [-0.25, -0.2) is 0 Å². The van der Waals surface area contributed by atoms with Gasteiger partial charge in [0.2, 0.25) is 11.3 Å². The third-order valence-corrected chi connectivity index (χ3v) is 4.59. The molecule has 0 radical (unpaired) electrons. The van der Waals surface area contributed by atoms with Crippen molar-refractivity contribution < 1.29 is 14.3 Å². The highest BCUT2D eigenvalue weighted by Gasteiger charge is 2.40. The minimum Gasteiger partial charge on any atom is -0.487 e. The van der Waals surface area contributed by atoms with Crippen LogP contribution in [0.4, 0.5) is 0 Å². The summed E-state index contributed by atoms with van der Waals surface area (Å²) in [4.78, 5) is 40.1. The highest BCUT2D eigenvalue weighted by Crippen LogP contribution is 2.25. The van der Waals surface area contributed by atoms with E-state index in [1.807, 2.05) is 0 Å². The average molecular weight is 348 g/mol. The summed E-state index contributed by atoms with van der Waals surface area (Å²) in [7, 11) is 1.66. The maximum atomic E-state index is 12.9. The van der Waals surface area contributed by atoms with Crippen molar-refractivity contribution in [1.82, 2.24) is 14.5 Å². The highest BCUT2D eigenvalue weighted by molar-refractivity contribution is 5.97. The molecule has 1 fully saturated rings. The number of pyridine rings is 1. The number of unbranched alkanes of at least 4 members (excludes halogenated alkanes) is 3. The van der Waals surface area contributed by atoms with Crippen molar-refractivity contribution in [1.29, 1.82) is 0 Å². The summed E-state index contributed by atoms with van der Waals surface area (Å²) in [5.74, 6) is -0.252. The van der Waals surface area contributed by atoms with Crippen LogP contribution in [-0.4, -0.2) is 52.8 Å². The molecule has 1 aromatic rings. The van der Waals surface area contributed by atoms with E-state index < -0.39 is 6.17 Å². The van der Waals surface area contributed by atoms with Gasteiger partial charge < -0.3 is 15.1 Å². The Bertz CT molecular complexity index is 730. The maximum Gasteiger partial charge on any atom is 0.279 e. The van der Waals surface area contributed by atoms with Gasteiger partial charge in [0.05, 0.1) is 19.7 Å². The summed E-state index contributed by atoms with van der Waals surface area (Å²) in [6, 6.07) is 1.37. The standard InChI is InChI=1S/C17H24N4O4/c1-3-4-5-6-9-25-16-12(22)7-8-21-15(16)17(24)20-11-19(2)14(23)10-13(20)18-21/h7-8,13,18H,3-6,9-11H2,1-2H3/t13-/m0/s1. The van der Waals surface area contributed by atoms with Crippen molar-refractivity contribution in [2.24, 2.45) is 0 Å². The topological polar surface area (TPSA) is 83.9 Å². The lowest BCUT2D eigenvalue weighted by atomic mass is 10.1. The highest BCUT2D eigenvalue weighted by atomic mass is 16.5. The molecule has 0 unspecified atom stereocenters. The summed E-state index contributed by atoms with van der Waals surface area (Å²) in [6.07, 6.45) is 5.40. The van der Waals surface area contributed by atoms with Crippen LogP contribution < -0.4 is 15.6 Å². The molecule has 1 atom stereocenters. The summed E-state index contributed by atoms with van der Waals surface area (Å²) in [5, 5.41) is 0. The fourth-order valence-corrected chi connectivity index (χ4v) is 3.12. The predicted molar refractivity (Wildman–Crippen MR) is 91.9 cm³/mol. The summed E-state index contributed by atoms with van der Waals surface area (Å²) < 4.78 is 7.18. The Balaban J connectivity index is 1.84. The lowest BCUT2D eigenvalue weighted by Crippen LogP contribution is -2.62. The quantitative estimate of drug-likeness (QED) is 0.774. The third-order valence-electron chi connectivity index (χ3n) is 4.59. The number of rotatable bonds is 6. The number of amides is 2. The molecule has 3 rings (SSSR count). The van der Waals surface area contributed by atoms with E-state index in [2.05, 4.69) is 12.3 Å². The fourth-order valence-electron chi connectivity index (χ4n) is 3.12. The molecular formula is C17H24N4O4. The number of carbonyl (C=O) groups excluding carboxylic acids is 2. The van der Waals surface area contributed by atoms with Crippen molar-refractivity contribution >= 4 is 11.8 Å². The molecule has 1 aromatic heterocycles. The van der Waals surface area contributed by atoms with Crippen molar-refractivity contribution in [3.63, 3.8) is 0 Å². The molecule has 136 valence electrons. The molecule has 3 heterocycles. The first-order valence-electron chi connectivity index (χ1n) is 8.73. The number of fused-ring (bicyclic) bond motifs is 2. The number of hydrogen-bond donors (Lipinski definition) is 1. The van der Waals surface area contributed by atoms with E-state index in [1.54, 1.807) is 11.9 Å². The van der Waals surface area contributed by atoms with E-state index in [4.69, 9.17) is 4.74 Å². The van der Waals surface area contributed by atoms with E-state index in [1.165, 1.54) is 21.8 Å². The lowest BCUT2D eigenvalue weighted by molar-refractivity contribution is -0.137. The van der Waals surface area contributed by atoms with Crippen molar-refractivity contribution in [3.05, 3.63) is 28.2 Å². The number of carbonyl (C=O) groups is 2. The third kappa shape index (κ3) is 3.33. The summed E-state index contributed by atoms with van der Waals surface area (Å²) in [6.45, 7) is 2.72. The Morgan fingerprint density at radius 3 is 2.80 bits per heavy atom. The molecule has 2 amide bonds. The molecule has 8 heteroatoms. The van der Waals surface area contributed by atoms with Crippen LogP contribution >= 0.6 is 0 Å². The Hall–Kier alpha value is -2.51. The van der Waals surface area contributed by atoms with Gasteiger partial charge >= 0.3 is 0 Å². The molecule has 0 spiro atoms. The SMILES string of the molecule is CCCCCCOc1c2n(ccc1=O)N[C@@H]1CC(=O)N(C)CN1C2=O. The Morgan fingerprint density at radius 1 is 1.24 bits per heavy atom. The van der Waals surface area contributed by atoms with Crippen LogP contribution in [0.15, 0.2) is 17.1 Å². The second-order valence-electron chi connectivity index (χ2n) is 6.49. The van der Waals surface area contributed by atoms with Crippen LogP contribution in [0.1, 0.15) is 49.5 Å². The zero-order chi connectivity index (χ0) is 18.0. The lowest BCUT2D eigenvalue weighted by Gasteiger charge is -2.44. The number of aromatic nitrogens is 1. The number of nitrogens with one attached hydrogen (secondary N) is 1. The fraction of sp³-hybridized carbons (Fsp3) is 0.588. The summed E-state index contributed by atoms with van der Waals surface area (Å²) >= 11 is 0. The number of nitrogens with zero attached hydrogens (tertiary/aromatic N) is 3. The monoisotopic (exact) mass is 348 g/mol. The smallest absolute Gasteiger partial charge is 0.279 e. The van der Waals surface area contributed by atoms with Gasteiger partial charge in [-0.3, -0.25) is 24.0 Å². The zero-order valence-corrected chi connectivity index (χ0v) is 14.7. The predicted octanol–water partition coefficient (Wildman–Crippen LogP) is 0.952. The van der Waals surface area contributed by atoms with Crippen LogP contribution in [0.25, 0.3) is 0 Å². The largest absolute Gasteiger partial charge is 0.487 e.